The van der Waals surface area contributed by atoms with Crippen LogP contribution in [0.4, 0.5) is 0 Å². The molecule has 1 aromatic carbocycles. The summed E-state index contributed by atoms with van der Waals surface area (Å²) in [7, 11) is 1.97. The number of hydrogen-bond acceptors (Lipinski definition) is 3. The van der Waals surface area contributed by atoms with Gasteiger partial charge in [0.1, 0.15) is 0 Å². The smallest absolute Gasteiger partial charge is 0.234 e. The highest BCUT2D eigenvalue weighted by atomic mass is 35.5. The van der Waals surface area contributed by atoms with Crippen LogP contribution in [0.1, 0.15) is 24.9 Å². The number of amides is 1. The maximum Gasteiger partial charge on any atom is 0.234 e. The van der Waals surface area contributed by atoms with Crippen LogP contribution in [-0.4, -0.2) is 44.0 Å². The van der Waals surface area contributed by atoms with E-state index in [1.807, 2.05) is 38.2 Å². The first-order chi connectivity index (χ1) is 10.1. The Morgan fingerprint density at radius 2 is 2.24 bits per heavy atom. The average molecular weight is 310 g/mol. The number of carbonyl (C=O) groups excluding carboxylic acids is 1. The van der Waals surface area contributed by atoms with Crippen molar-refractivity contribution in [2.45, 2.75) is 19.4 Å². The summed E-state index contributed by atoms with van der Waals surface area (Å²) in [5.74, 6) is 0.719. The van der Waals surface area contributed by atoms with E-state index in [9.17, 15) is 4.79 Å². The van der Waals surface area contributed by atoms with Crippen molar-refractivity contribution in [1.82, 2.24) is 15.5 Å². The van der Waals surface area contributed by atoms with E-state index in [-0.39, 0.29) is 11.9 Å². The Balaban J connectivity index is 1.81. The van der Waals surface area contributed by atoms with Crippen LogP contribution < -0.4 is 10.6 Å². The minimum absolute atomic E-state index is 0.0625. The van der Waals surface area contributed by atoms with Crippen molar-refractivity contribution in [3.63, 3.8) is 0 Å². The zero-order chi connectivity index (χ0) is 15.2. The molecule has 2 N–H and O–H groups in total. The number of carbonyl (C=O) groups is 1. The first kappa shape index (κ1) is 16.3. The molecule has 1 fully saturated rings. The fourth-order valence-electron chi connectivity index (χ4n) is 2.91. The van der Waals surface area contributed by atoms with Crippen molar-refractivity contribution in [2.75, 3.05) is 33.2 Å². The van der Waals surface area contributed by atoms with Crippen molar-refractivity contribution in [1.29, 1.82) is 0 Å². The predicted octanol–water partition coefficient (Wildman–Crippen LogP) is 2.06. The minimum atomic E-state index is -0.0677. The topological polar surface area (TPSA) is 44.4 Å². The molecule has 2 rings (SSSR count). The summed E-state index contributed by atoms with van der Waals surface area (Å²) in [6.07, 6.45) is 1.16. The Labute approximate surface area is 131 Å². The molecule has 0 saturated carbocycles. The van der Waals surface area contributed by atoms with Crippen LogP contribution in [-0.2, 0) is 4.79 Å². The van der Waals surface area contributed by atoms with Crippen molar-refractivity contribution in [3.05, 3.63) is 34.9 Å². The Morgan fingerprint density at radius 1 is 1.48 bits per heavy atom. The zero-order valence-electron chi connectivity index (χ0n) is 12.7. The molecule has 1 aliphatic heterocycles. The van der Waals surface area contributed by atoms with Crippen LogP contribution in [0.15, 0.2) is 24.3 Å². The van der Waals surface area contributed by atoms with Gasteiger partial charge in [-0.25, -0.2) is 0 Å². The minimum Gasteiger partial charge on any atom is -0.348 e. The van der Waals surface area contributed by atoms with Crippen molar-refractivity contribution in [3.8, 4) is 0 Å². The molecule has 1 saturated heterocycles. The van der Waals surface area contributed by atoms with E-state index in [4.69, 9.17) is 11.6 Å². The molecule has 0 aromatic heterocycles. The lowest BCUT2D eigenvalue weighted by Gasteiger charge is -2.19. The summed E-state index contributed by atoms with van der Waals surface area (Å²) in [6.45, 7) is 5.45. The predicted molar refractivity (Wildman–Crippen MR) is 86.5 cm³/mol. The molecule has 0 aliphatic carbocycles. The molecule has 1 heterocycles. The van der Waals surface area contributed by atoms with Crippen molar-refractivity contribution in [2.24, 2.45) is 5.92 Å². The maximum absolute atomic E-state index is 12.1. The van der Waals surface area contributed by atoms with Crippen LogP contribution in [0.25, 0.3) is 0 Å². The number of halogens is 1. The quantitative estimate of drug-likeness (QED) is 0.845. The summed E-state index contributed by atoms with van der Waals surface area (Å²) < 4.78 is 0. The summed E-state index contributed by atoms with van der Waals surface area (Å²) in [6, 6.07) is 7.56. The van der Waals surface area contributed by atoms with Gasteiger partial charge in [0.05, 0.1) is 12.6 Å². The molecule has 2 atom stereocenters. The Hall–Kier alpha value is -1.10. The Kier molecular flexibility index (Phi) is 6.03. The largest absolute Gasteiger partial charge is 0.348 e. The monoisotopic (exact) mass is 309 g/mol. The van der Waals surface area contributed by atoms with Crippen LogP contribution >= 0.6 is 11.6 Å². The number of nitrogens with one attached hydrogen (secondary N) is 2. The lowest BCUT2D eigenvalue weighted by atomic mass is 10.1. The molecule has 1 aromatic rings. The number of hydrogen-bond donors (Lipinski definition) is 2. The van der Waals surface area contributed by atoms with Gasteiger partial charge in [-0.3, -0.25) is 9.69 Å². The molecule has 0 bridgehead atoms. The standard InChI is InChI=1S/C16H24ClN3O/c1-12(14-5-3-4-6-15(14)17)19-16(21)11-20-8-7-13(10-20)9-18-2/h3-6,12-13,18H,7-11H2,1-2H3,(H,19,21). The van der Waals surface area contributed by atoms with Crippen molar-refractivity contribution < 1.29 is 4.79 Å². The third-order valence-corrected chi connectivity index (χ3v) is 4.32. The zero-order valence-corrected chi connectivity index (χ0v) is 13.5. The lowest BCUT2D eigenvalue weighted by Crippen LogP contribution is -2.37. The van der Waals surface area contributed by atoms with Gasteiger partial charge in [-0.2, -0.15) is 0 Å². The third-order valence-electron chi connectivity index (χ3n) is 3.98. The second kappa shape index (κ2) is 7.78. The second-order valence-corrected chi connectivity index (χ2v) is 6.17. The van der Waals surface area contributed by atoms with E-state index in [2.05, 4.69) is 15.5 Å². The molecule has 21 heavy (non-hydrogen) atoms. The van der Waals surface area contributed by atoms with E-state index in [0.717, 1.165) is 31.6 Å². The van der Waals surface area contributed by atoms with E-state index in [1.165, 1.54) is 0 Å². The molecule has 1 aliphatic rings. The van der Waals surface area contributed by atoms with Gasteiger partial charge in [-0.15, -0.1) is 0 Å². The van der Waals surface area contributed by atoms with Crippen LogP contribution in [0.3, 0.4) is 0 Å². The number of likely N-dealkylation sites (tertiary alicyclic amines) is 1. The van der Waals surface area contributed by atoms with Crippen molar-refractivity contribution >= 4 is 17.5 Å². The molecule has 0 spiro atoms. The normalized spacial score (nSPS) is 20.4. The fourth-order valence-corrected chi connectivity index (χ4v) is 3.21. The maximum atomic E-state index is 12.1. The van der Waals surface area contributed by atoms with E-state index in [0.29, 0.717) is 17.5 Å². The summed E-state index contributed by atoms with van der Waals surface area (Å²) >= 11 is 6.16. The van der Waals surface area contributed by atoms with Crippen LogP contribution in [0.5, 0.6) is 0 Å². The fraction of sp³-hybridized carbons (Fsp3) is 0.562. The molecule has 5 heteroatoms. The lowest BCUT2D eigenvalue weighted by molar-refractivity contribution is -0.122. The number of nitrogens with zero attached hydrogens (tertiary/aromatic N) is 1. The summed E-state index contributed by atoms with van der Waals surface area (Å²) in [4.78, 5) is 14.4. The molecule has 2 unspecified atom stereocenters. The Bertz CT molecular complexity index is 480. The Morgan fingerprint density at radius 3 is 2.95 bits per heavy atom. The highest BCUT2D eigenvalue weighted by Crippen LogP contribution is 2.22. The highest BCUT2D eigenvalue weighted by molar-refractivity contribution is 6.31. The summed E-state index contributed by atoms with van der Waals surface area (Å²) in [5.41, 5.74) is 0.960. The van der Waals surface area contributed by atoms with E-state index >= 15 is 0 Å². The molecule has 0 radical (unpaired) electrons. The number of benzene rings is 1. The van der Waals surface area contributed by atoms with Gasteiger partial charge in [0.25, 0.3) is 0 Å². The summed E-state index contributed by atoms with van der Waals surface area (Å²) in [5, 5.41) is 6.93. The molecular formula is C16H24ClN3O. The van der Waals surface area contributed by atoms with Crippen LogP contribution in [0.2, 0.25) is 5.02 Å². The van der Waals surface area contributed by atoms with Gasteiger partial charge in [0.15, 0.2) is 0 Å². The number of rotatable bonds is 6. The highest BCUT2D eigenvalue weighted by Gasteiger charge is 2.24. The van der Waals surface area contributed by atoms with Gasteiger partial charge in [-0.1, -0.05) is 29.8 Å². The SMILES string of the molecule is CNCC1CCN(CC(=O)NC(C)c2ccccc2Cl)C1. The van der Waals surface area contributed by atoms with Gasteiger partial charge in [0, 0.05) is 11.6 Å². The third kappa shape index (κ3) is 4.70. The second-order valence-electron chi connectivity index (χ2n) is 5.76. The molecule has 116 valence electrons. The van der Waals surface area contributed by atoms with Gasteiger partial charge >= 0.3 is 0 Å². The first-order valence-corrected chi connectivity index (χ1v) is 7.88. The van der Waals surface area contributed by atoms with Gasteiger partial charge in [0.2, 0.25) is 5.91 Å². The average Bonchev–Trinajstić information content (AvgIpc) is 2.86. The molecule has 4 nitrogen and oxygen atoms in total. The first-order valence-electron chi connectivity index (χ1n) is 7.51. The van der Waals surface area contributed by atoms with E-state index < -0.39 is 0 Å². The van der Waals surface area contributed by atoms with Gasteiger partial charge in [-0.05, 0) is 51.0 Å². The molecule has 1 amide bonds. The van der Waals surface area contributed by atoms with Gasteiger partial charge < -0.3 is 10.6 Å². The van der Waals surface area contributed by atoms with E-state index in [1.54, 1.807) is 0 Å². The van der Waals surface area contributed by atoms with Crippen LogP contribution in [0, 0.1) is 5.92 Å². The molecular weight excluding hydrogens is 286 g/mol.